The molecule has 4 heteroatoms. The molecule has 0 radical (unpaired) electrons. The van der Waals surface area contributed by atoms with Crippen molar-refractivity contribution in [1.29, 1.82) is 0 Å². The van der Waals surface area contributed by atoms with E-state index in [4.69, 9.17) is 0 Å². The van der Waals surface area contributed by atoms with Gasteiger partial charge in [0.25, 0.3) is 0 Å². The lowest BCUT2D eigenvalue weighted by atomic mass is 10.2. The van der Waals surface area contributed by atoms with Crippen LogP contribution in [0.3, 0.4) is 0 Å². The molecule has 0 aromatic heterocycles. The Bertz CT molecular complexity index is 331. The summed E-state index contributed by atoms with van der Waals surface area (Å²) in [6.45, 7) is 0. The van der Waals surface area contributed by atoms with E-state index in [1.807, 2.05) is 0 Å². The third-order valence-corrected chi connectivity index (χ3v) is 2.50. The fourth-order valence-corrected chi connectivity index (χ4v) is 1.64. The van der Waals surface area contributed by atoms with Crippen LogP contribution in [-0.2, 0) is 15.6 Å². The van der Waals surface area contributed by atoms with Gasteiger partial charge in [0.2, 0.25) is 0 Å². The van der Waals surface area contributed by atoms with Crippen molar-refractivity contribution in [2.45, 2.75) is 5.75 Å². The van der Waals surface area contributed by atoms with Crippen molar-refractivity contribution in [3.8, 4) is 0 Å². The molecule has 1 rings (SSSR count). The molecule has 0 fully saturated rings. The van der Waals surface area contributed by atoms with Crippen LogP contribution in [0, 0.1) is 0 Å². The second-order valence-electron chi connectivity index (χ2n) is 2.48. The lowest BCUT2D eigenvalue weighted by Crippen LogP contribution is -2.05. The molecule has 1 aromatic carbocycles. The molecule has 1 aromatic rings. The third kappa shape index (κ3) is 2.62. The third-order valence-electron chi connectivity index (χ3n) is 1.40. The predicted molar refractivity (Wildman–Crippen MR) is 45.0 cm³/mol. The Morgan fingerprint density at radius 1 is 1.17 bits per heavy atom. The molecular weight excluding hydrogens is 179 g/mol. The summed E-state index contributed by atoms with van der Waals surface area (Å²) in [7, 11) is -3.54. The molecule has 0 unspecified atom stereocenters. The summed E-state index contributed by atoms with van der Waals surface area (Å²) < 4.78 is 33.5. The van der Waals surface area contributed by atoms with Crippen LogP contribution in [0.1, 0.15) is 5.56 Å². The smallest absolute Gasteiger partial charge is 0.191 e. The van der Waals surface area contributed by atoms with E-state index < -0.39 is 15.8 Å². The first-order valence-electron chi connectivity index (χ1n) is 3.44. The Labute approximate surface area is 71.0 Å². The first-order valence-corrected chi connectivity index (χ1v) is 5.26. The number of hydrogen-bond acceptors (Lipinski definition) is 2. The second-order valence-corrected chi connectivity index (χ2v) is 4.48. The van der Waals surface area contributed by atoms with Gasteiger partial charge < -0.3 is 0 Å². The van der Waals surface area contributed by atoms with E-state index in [2.05, 4.69) is 0 Å². The van der Waals surface area contributed by atoms with Crippen molar-refractivity contribution >= 4 is 9.84 Å². The Morgan fingerprint density at radius 3 is 2.25 bits per heavy atom. The average Bonchev–Trinajstić information content (AvgIpc) is 2.06. The predicted octanol–water partition coefficient (Wildman–Crippen LogP) is 1.53. The van der Waals surface area contributed by atoms with Gasteiger partial charge in [0.05, 0.1) is 5.75 Å². The molecule has 0 spiro atoms. The fraction of sp³-hybridized carbons (Fsp3) is 0.250. The summed E-state index contributed by atoms with van der Waals surface area (Å²) in [6, 6.07) is 7.26. The van der Waals surface area contributed by atoms with E-state index in [1.54, 1.807) is 30.3 Å². The zero-order chi connectivity index (χ0) is 9.03. The summed E-state index contributed by atoms with van der Waals surface area (Å²) in [5, 5.41) is 0. The molecule has 12 heavy (non-hydrogen) atoms. The van der Waals surface area contributed by atoms with Crippen LogP contribution in [0.2, 0.25) is 0 Å². The molecular formula is C8H9FO2S. The van der Waals surface area contributed by atoms with Gasteiger partial charge in [-0.1, -0.05) is 30.3 Å². The van der Waals surface area contributed by atoms with E-state index in [1.165, 1.54) is 0 Å². The molecule has 0 saturated heterocycles. The van der Waals surface area contributed by atoms with Crippen LogP contribution in [0.25, 0.3) is 0 Å². The zero-order valence-corrected chi connectivity index (χ0v) is 7.22. The van der Waals surface area contributed by atoms with Gasteiger partial charge in [-0.05, 0) is 5.56 Å². The summed E-state index contributed by atoms with van der Waals surface area (Å²) in [4.78, 5) is 0. The summed E-state index contributed by atoms with van der Waals surface area (Å²) >= 11 is 0. The highest BCUT2D eigenvalue weighted by Gasteiger charge is 2.09. The van der Waals surface area contributed by atoms with Crippen molar-refractivity contribution in [2.75, 3.05) is 6.01 Å². The van der Waals surface area contributed by atoms with E-state index in [0.29, 0.717) is 5.56 Å². The van der Waals surface area contributed by atoms with Crippen LogP contribution in [0.5, 0.6) is 0 Å². The molecule has 0 aliphatic heterocycles. The molecule has 0 atom stereocenters. The maximum absolute atomic E-state index is 11.9. The summed E-state index contributed by atoms with van der Waals surface area (Å²) in [5.74, 6) is -0.218. The number of alkyl halides is 1. The van der Waals surface area contributed by atoms with Crippen molar-refractivity contribution in [3.63, 3.8) is 0 Å². The SMILES string of the molecule is O=S(=O)(CF)Cc1ccccc1. The van der Waals surface area contributed by atoms with Crippen LogP contribution >= 0.6 is 0 Å². The van der Waals surface area contributed by atoms with Gasteiger partial charge in [-0.2, -0.15) is 0 Å². The molecule has 0 N–H and O–H groups in total. The van der Waals surface area contributed by atoms with Gasteiger partial charge in [0.1, 0.15) is 0 Å². The molecule has 0 amide bonds. The van der Waals surface area contributed by atoms with Crippen molar-refractivity contribution in [3.05, 3.63) is 35.9 Å². The number of halogens is 1. The van der Waals surface area contributed by atoms with Gasteiger partial charge in [0.15, 0.2) is 15.8 Å². The monoisotopic (exact) mass is 188 g/mol. The number of hydrogen-bond donors (Lipinski definition) is 0. The standard InChI is InChI=1S/C8H9FO2S/c9-7-12(10,11)6-8-4-2-1-3-5-8/h1-5H,6-7H2. The van der Waals surface area contributed by atoms with Crippen molar-refractivity contribution < 1.29 is 12.8 Å². The Balaban J connectivity index is 2.78. The maximum Gasteiger partial charge on any atom is 0.191 e. The molecule has 0 bridgehead atoms. The molecule has 0 heterocycles. The van der Waals surface area contributed by atoms with Gasteiger partial charge in [-0.25, -0.2) is 12.8 Å². The largest absolute Gasteiger partial charge is 0.234 e. The van der Waals surface area contributed by atoms with Crippen LogP contribution in [-0.4, -0.2) is 14.4 Å². The van der Waals surface area contributed by atoms with Crippen LogP contribution in [0.4, 0.5) is 4.39 Å². The number of sulfone groups is 1. The minimum atomic E-state index is -3.54. The molecule has 66 valence electrons. The lowest BCUT2D eigenvalue weighted by molar-refractivity contribution is 0.534. The van der Waals surface area contributed by atoms with E-state index in [9.17, 15) is 12.8 Å². The van der Waals surface area contributed by atoms with Crippen molar-refractivity contribution in [1.82, 2.24) is 0 Å². The Kier molecular flexibility index (Phi) is 2.81. The van der Waals surface area contributed by atoms with Gasteiger partial charge in [-0.15, -0.1) is 0 Å². The maximum atomic E-state index is 11.9. The molecule has 0 aliphatic carbocycles. The highest BCUT2D eigenvalue weighted by atomic mass is 32.2. The number of rotatable bonds is 3. The van der Waals surface area contributed by atoms with E-state index in [-0.39, 0.29) is 5.75 Å². The Hall–Kier alpha value is -0.900. The van der Waals surface area contributed by atoms with E-state index >= 15 is 0 Å². The molecule has 2 nitrogen and oxygen atoms in total. The van der Waals surface area contributed by atoms with Gasteiger partial charge >= 0.3 is 0 Å². The van der Waals surface area contributed by atoms with Crippen LogP contribution in [0.15, 0.2) is 30.3 Å². The topological polar surface area (TPSA) is 34.1 Å². The average molecular weight is 188 g/mol. The van der Waals surface area contributed by atoms with Gasteiger partial charge in [0, 0.05) is 0 Å². The van der Waals surface area contributed by atoms with Gasteiger partial charge in [-0.3, -0.25) is 0 Å². The highest BCUT2D eigenvalue weighted by molar-refractivity contribution is 7.90. The van der Waals surface area contributed by atoms with Crippen molar-refractivity contribution in [2.24, 2.45) is 0 Å². The second kappa shape index (κ2) is 3.67. The summed E-state index contributed by atoms with van der Waals surface area (Å²) in [6.07, 6.45) is 0. The number of benzene rings is 1. The van der Waals surface area contributed by atoms with E-state index in [0.717, 1.165) is 0 Å². The summed E-state index contributed by atoms with van der Waals surface area (Å²) in [5.41, 5.74) is 0.621. The van der Waals surface area contributed by atoms with Crippen LogP contribution < -0.4 is 0 Å². The zero-order valence-electron chi connectivity index (χ0n) is 6.40. The first kappa shape index (κ1) is 9.19. The molecule has 0 saturated carbocycles. The lowest BCUT2D eigenvalue weighted by Gasteiger charge is -1.98. The normalized spacial score (nSPS) is 11.4. The highest BCUT2D eigenvalue weighted by Crippen LogP contribution is 2.05. The fourth-order valence-electron chi connectivity index (χ4n) is 0.867. The minimum absolute atomic E-state index is 0.218. The molecule has 0 aliphatic rings. The first-order chi connectivity index (χ1) is 5.64. The quantitative estimate of drug-likeness (QED) is 0.720. The minimum Gasteiger partial charge on any atom is -0.234 e. The Morgan fingerprint density at radius 2 is 1.75 bits per heavy atom.